The zero-order chi connectivity index (χ0) is 17.2. The molecule has 0 spiro atoms. The minimum Gasteiger partial charge on any atom is -0.339 e. The predicted molar refractivity (Wildman–Crippen MR) is 100 cm³/mol. The van der Waals surface area contributed by atoms with E-state index in [-0.39, 0.29) is 0 Å². The smallest absolute Gasteiger partial charge is 0.236 e. The lowest BCUT2D eigenvalue weighted by Gasteiger charge is -2.36. The lowest BCUT2D eigenvalue weighted by molar-refractivity contribution is -0.134. The summed E-state index contributed by atoms with van der Waals surface area (Å²) in [4.78, 5) is 19.8. The van der Waals surface area contributed by atoms with Gasteiger partial charge in [-0.1, -0.05) is 24.3 Å². The second-order valence-corrected chi connectivity index (χ2v) is 8.19. The van der Waals surface area contributed by atoms with Crippen molar-refractivity contribution in [2.45, 2.75) is 45.2 Å². The number of carbonyl (C=O) groups excluding carboxylic acids is 1. The SMILES string of the molecule is Cc1ccccc1CN1CCN(C(=O)CN(CC2CC2)C2CC2)CC1. The molecule has 136 valence electrons. The van der Waals surface area contributed by atoms with Crippen LogP contribution in [-0.4, -0.2) is 65.9 Å². The molecule has 4 heteroatoms. The van der Waals surface area contributed by atoms with E-state index in [9.17, 15) is 4.79 Å². The van der Waals surface area contributed by atoms with Gasteiger partial charge in [-0.3, -0.25) is 14.6 Å². The van der Waals surface area contributed by atoms with Crippen molar-refractivity contribution in [2.24, 2.45) is 5.92 Å². The molecule has 0 N–H and O–H groups in total. The van der Waals surface area contributed by atoms with Crippen LogP contribution in [0.3, 0.4) is 0 Å². The summed E-state index contributed by atoms with van der Waals surface area (Å²) in [5, 5.41) is 0. The van der Waals surface area contributed by atoms with Crippen molar-refractivity contribution in [3.05, 3.63) is 35.4 Å². The molecule has 2 aliphatic carbocycles. The number of aryl methyl sites for hydroxylation is 1. The van der Waals surface area contributed by atoms with Crippen molar-refractivity contribution in [3.63, 3.8) is 0 Å². The van der Waals surface area contributed by atoms with Gasteiger partial charge in [0.2, 0.25) is 5.91 Å². The summed E-state index contributed by atoms with van der Waals surface area (Å²) >= 11 is 0. The summed E-state index contributed by atoms with van der Waals surface area (Å²) in [7, 11) is 0. The molecular weight excluding hydrogens is 310 g/mol. The topological polar surface area (TPSA) is 26.8 Å². The highest BCUT2D eigenvalue weighted by atomic mass is 16.2. The number of piperazine rings is 1. The lowest BCUT2D eigenvalue weighted by Crippen LogP contribution is -2.51. The maximum Gasteiger partial charge on any atom is 0.236 e. The van der Waals surface area contributed by atoms with Crippen LogP contribution < -0.4 is 0 Å². The largest absolute Gasteiger partial charge is 0.339 e. The molecular formula is C21H31N3O. The minimum absolute atomic E-state index is 0.350. The molecule has 1 saturated heterocycles. The molecule has 25 heavy (non-hydrogen) atoms. The Morgan fingerprint density at radius 2 is 1.80 bits per heavy atom. The Kier molecular flexibility index (Phi) is 5.09. The van der Waals surface area contributed by atoms with Crippen LogP contribution in [0.2, 0.25) is 0 Å². The molecule has 3 aliphatic rings. The number of amides is 1. The number of benzene rings is 1. The Labute approximate surface area is 151 Å². The van der Waals surface area contributed by atoms with Crippen molar-refractivity contribution >= 4 is 5.91 Å². The Morgan fingerprint density at radius 3 is 2.44 bits per heavy atom. The van der Waals surface area contributed by atoms with Gasteiger partial charge in [-0.15, -0.1) is 0 Å². The molecule has 0 aromatic heterocycles. The molecule has 2 saturated carbocycles. The molecule has 4 nitrogen and oxygen atoms in total. The van der Waals surface area contributed by atoms with Gasteiger partial charge >= 0.3 is 0 Å². The molecule has 4 rings (SSSR count). The molecule has 1 aromatic carbocycles. The van der Waals surface area contributed by atoms with Crippen LogP contribution in [0.4, 0.5) is 0 Å². The standard InChI is InChI=1S/C21H31N3O/c1-17-4-2-3-5-19(17)15-22-10-12-23(13-11-22)21(25)16-24(20-8-9-20)14-18-6-7-18/h2-5,18,20H,6-16H2,1H3. The first-order chi connectivity index (χ1) is 12.2. The zero-order valence-electron chi connectivity index (χ0n) is 15.5. The maximum absolute atomic E-state index is 12.7. The Hall–Kier alpha value is -1.39. The number of rotatable bonds is 7. The van der Waals surface area contributed by atoms with E-state index >= 15 is 0 Å². The fourth-order valence-corrected chi connectivity index (χ4v) is 3.87. The summed E-state index contributed by atoms with van der Waals surface area (Å²) in [6.45, 7) is 8.74. The first-order valence-electron chi connectivity index (χ1n) is 9.98. The van der Waals surface area contributed by atoms with Crippen molar-refractivity contribution in [1.82, 2.24) is 14.7 Å². The van der Waals surface area contributed by atoms with E-state index < -0.39 is 0 Å². The monoisotopic (exact) mass is 341 g/mol. The van der Waals surface area contributed by atoms with Crippen molar-refractivity contribution in [1.29, 1.82) is 0 Å². The fourth-order valence-electron chi connectivity index (χ4n) is 3.87. The first kappa shape index (κ1) is 17.0. The summed E-state index contributed by atoms with van der Waals surface area (Å²) in [6.07, 6.45) is 5.33. The van der Waals surface area contributed by atoms with E-state index in [1.165, 1.54) is 36.8 Å². The van der Waals surface area contributed by atoms with E-state index in [1.54, 1.807) is 0 Å². The highest BCUT2D eigenvalue weighted by molar-refractivity contribution is 5.78. The van der Waals surface area contributed by atoms with E-state index in [2.05, 4.69) is 45.9 Å². The molecule has 1 amide bonds. The fraction of sp³-hybridized carbons (Fsp3) is 0.667. The van der Waals surface area contributed by atoms with Crippen LogP contribution in [0.1, 0.15) is 36.8 Å². The maximum atomic E-state index is 12.7. The normalized spacial score (nSPS) is 21.8. The van der Waals surface area contributed by atoms with Gasteiger partial charge in [0.15, 0.2) is 0 Å². The van der Waals surface area contributed by atoms with Crippen LogP contribution in [0.25, 0.3) is 0 Å². The summed E-state index contributed by atoms with van der Waals surface area (Å²) in [5.74, 6) is 1.22. The third-order valence-electron chi connectivity index (χ3n) is 5.97. The highest BCUT2D eigenvalue weighted by Crippen LogP contribution is 2.34. The van der Waals surface area contributed by atoms with Gasteiger partial charge in [0.05, 0.1) is 6.54 Å². The number of hydrogen-bond acceptors (Lipinski definition) is 3. The van der Waals surface area contributed by atoms with Crippen LogP contribution in [0, 0.1) is 12.8 Å². The minimum atomic E-state index is 0.350. The average Bonchev–Trinajstić information content (AvgIpc) is 3.51. The lowest BCUT2D eigenvalue weighted by atomic mass is 10.1. The molecule has 0 radical (unpaired) electrons. The van der Waals surface area contributed by atoms with Crippen LogP contribution in [0.5, 0.6) is 0 Å². The Bertz CT molecular complexity index is 601. The second-order valence-electron chi connectivity index (χ2n) is 8.19. The quantitative estimate of drug-likeness (QED) is 0.762. The summed E-state index contributed by atoms with van der Waals surface area (Å²) in [6, 6.07) is 9.32. The third-order valence-corrected chi connectivity index (χ3v) is 5.97. The van der Waals surface area contributed by atoms with Gasteiger partial charge < -0.3 is 4.90 Å². The number of nitrogens with zero attached hydrogens (tertiary/aromatic N) is 3. The van der Waals surface area contributed by atoms with E-state index in [4.69, 9.17) is 0 Å². The molecule has 3 fully saturated rings. The van der Waals surface area contributed by atoms with E-state index in [1.807, 2.05) is 0 Å². The first-order valence-corrected chi connectivity index (χ1v) is 9.98. The van der Waals surface area contributed by atoms with Gasteiger partial charge in [0.25, 0.3) is 0 Å². The van der Waals surface area contributed by atoms with Gasteiger partial charge in [0.1, 0.15) is 0 Å². The summed E-state index contributed by atoms with van der Waals surface area (Å²) in [5.41, 5.74) is 2.77. The van der Waals surface area contributed by atoms with Crippen molar-refractivity contribution < 1.29 is 4.79 Å². The van der Waals surface area contributed by atoms with Gasteiger partial charge in [0, 0.05) is 45.3 Å². The van der Waals surface area contributed by atoms with Crippen molar-refractivity contribution in [3.8, 4) is 0 Å². The van der Waals surface area contributed by atoms with Crippen molar-refractivity contribution in [2.75, 3.05) is 39.3 Å². The molecule has 0 unspecified atom stereocenters. The van der Waals surface area contributed by atoms with Gasteiger partial charge in [-0.25, -0.2) is 0 Å². The average molecular weight is 341 g/mol. The molecule has 1 aromatic rings. The molecule has 0 bridgehead atoms. The van der Waals surface area contributed by atoms with Crippen LogP contribution in [0.15, 0.2) is 24.3 Å². The Balaban J connectivity index is 1.25. The van der Waals surface area contributed by atoms with E-state index in [0.29, 0.717) is 18.5 Å². The van der Waals surface area contributed by atoms with Gasteiger partial charge in [-0.2, -0.15) is 0 Å². The van der Waals surface area contributed by atoms with Crippen LogP contribution >= 0.6 is 0 Å². The summed E-state index contributed by atoms with van der Waals surface area (Å²) < 4.78 is 0. The zero-order valence-corrected chi connectivity index (χ0v) is 15.5. The number of hydrogen-bond donors (Lipinski definition) is 0. The molecule has 0 atom stereocenters. The number of carbonyl (C=O) groups is 1. The van der Waals surface area contributed by atoms with E-state index in [0.717, 1.165) is 45.2 Å². The predicted octanol–water partition coefficient (Wildman–Crippen LogP) is 2.51. The molecule has 1 aliphatic heterocycles. The Morgan fingerprint density at radius 1 is 1.08 bits per heavy atom. The van der Waals surface area contributed by atoms with Gasteiger partial charge in [-0.05, 0) is 49.7 Å². The third kappa shape index (κ3) is 4.62. The molecule has 1 heterocycles. The highest BCUT2D eigenvalue weighted by Gasteiger charge is 2.35. The second kappa shape index (κ2) is 7.46. The van der Waals surface area contributed by atoms with Crippen LogP contribution in [-0.2, 0) is 11.3 Å².